The van der Waals surface area contributed by atoms with Crippen LogP contribution in [0.3, 0.4) is 0 Å². The lowest BCUT2D eigenvalue weighted by atomic mass is 10.2. The molecule has 7 heteroatoms. The third-order valence-corrected chi connectivity index (χ3v) is 3.39. The molecule has 1 aromatic heterocycles. The summed E-state index contributed by atoms with van der Waals surface area (Å²) in [5.74, 6) is 0.218. The summed E-state index contributed by atoms with van der Waals surface area (Å²) in [6.45, 7) is -0.163. The maximum atomic E-state index is 13.1. The van der Waals surface area contributed by atoms with Crippen LogP contribution in [0.1, 0.15) is 11.5 Å². The minimum absolute atomic E-state index is 0.162. The van der Waals surface area contributed by atoms with E-state index in [1.54, 1.807) is 37.4 Å². The van der Waals surface area contributed by atoms with Crippen molar-refractivity contribution in [3.05, 3.63) is 71.9 Å². The molecule has 0 aliphatic rings. The van der Waals surface area contributed by atoms with Crippen LogP contribution in [0.15, 0.2) is 59.1 Å². The Morgan fingerprint density at radius 3 is 2.88 bits per heavy atom. The van der Waals surface area contributed by atoms with Gasteiger partial charge in [0.25, 0.3) is 5.89 Å². The maximum absolute atomic E-state index is 13.1. The van der Waals surface area contributed by atoms with Crippen LogP contribution in [-0.2, 0) is 16.1 Å². The van der Waals surface area contributed by atoms with Crippen molar-refractivity contribution >= 4 is 12.0 Å². The molecule has 0 spiro atoms. The molecule has 0 aliphatic heterocycles. The van der Waals surface area contributed by atoms with Gasteiger partial charge in [-0.3, -0.25) is 0 Å². The van der Waals surface area contributed by atoms with E-state index in [1.807, 2.05) is 6.07 Å². The number of ether oxygens (including phenoxy) is 2. The maximum Gasteiger partial charge on any atom is 0.331 e. The monoisotopic (exact) mass is 354 g/mol. The second-order valence-electron chi connectivity index (χ2n) is 5.24. The van der Waals surface area contributed by atoms with Gasteiger partial charge >= 0.3 is 5.97 Å². The minimum Gasteiger partial charge on any atom is -0.497 e. The fraction of sp³-hybridized carbons (Fsp3) is 0.105. The summed E-state index contributed by atoms with van der Waals surface area (Å²) in [6, 6.07) is 13.0. The van der Waals surface area contributed by atoms with Gasteiger partial charge in [0.15, 0.2) is 6.61 Å². The van der Waals surface area contributed by atoms with Crippen molar-refractivity contribution in [1.29, 1.82) is 0 Å². The number of esters is 1. The Kier molecular flexibility index (Phi) is 5.38. The van der Waals surface area contributed by atoms with Gasteiger partial charge in [0, 0.05) is 11.6 Å². The molecular weight excluding hydrogens is 339 g/mol. The van der Waals surface area contributed by atoms with Gasteiger partial charge in [-0.1, -0.05) is 29.4 Å². The number of halogens is 1. The molecule has 0 saturated carbocycles. The topological polar surface area (TPSA) is 74.5 Å². The zero-order valence-corrected chi connectivity index (χ0v) is 13.9. The Labute approximate surface area is 148 Å². The average molecular weight is 354 g/mol. The van der Waals surface area contributed by atoms with Gasteiger partial charge in [-0.2, -0.15) is 4.98 Å². The molecule has 6 nitrogen and oxygen atoms in total. The van der Waals surface area contributed by atoms with Crippen molar-refractivity contribution in [3.63, 3.8) is 0 Å². The van der Waals surface area contributed by atoms with E-state index in [-0.39, 0.29) is 18.3 Å². The van der Waals surface area contributed by atoms with Gasteiger partial charge in [-0.15, -0.1) is 0 Å². The molecule has 0 aliphatic carbocycles. The molecular formula is C19H15FN2O4. The second kappa shape index (κ2) is 8.06. The first-order valence-corrected chi connectivity index (χ1v) is 7.71. The molecule has 0 N–H and O–H groups in total. The number of methoxy groups -OCH3 is 1. The molecule has 2 aromatic carbocycles. The largest absolute Gasteiger partial charge is 0.497 e. The molecule has 0 atom stereocenters. The van der Waals surface area contributed by atoms with Crippen LogP contribution in [0.5, 0.6) is 5.75 Å². The molecule has 0 fully saturated rings. The van der Waals surface area contributed by atoms with E-state index in [0.717, 1.165) is 5.56 Å². The number of hydrogen-bond acceptors (Lipinski definition) is 6. The van der Waals surface area contributed by atoms with Crippen LogP contribution < -0.4 is 4.74 Å². The molecule has 0 saturated heterocycles. The molecule has 132 valence electrons. The van der Waals surface area contributed by atoms with Crippen LogP contribution in [-0.4, -0.2) is 23.2 Å². The molecule has 1 heterocycles. The highest BCUT2D eigenvalue weighted by Crippen LogP contribution is 2.21. The van der Waals surface area contributed by atoms with E-state index in [2.05, 4.69) is 10.1 Å². The van der Waals surface area contributed by atoms with Crippen LogP contribution in [0.4, 0.5) is 4.39 Å². The zero-order valence-electron chi connectivity index (χ0n) is 13.9. The number of benzene rings is 2. The molecule has 3 aromatic rings. The summed E-state index contributed by atoms with van der Waals surface area (Å²) in [7, 11) is 1.57. The lowest BCUT2D eigenvalue weighted by Gasteiger charge is -2.00. The molecule has 3 rings (SSSR count). The molecule has 0 radical (unpaired) electrons. The quantitative estimate of drug-likeness (QED) is 0.497. The van der Waals surface area contributed by atoms with Gasteiger partial charge in [0.05, 0.1) is 7.11 Å². The van der Waals surface area contributed by atoms with Crippen molar-refractivity contribution in [2.75, 3.05) is 7.11 Å². The highest BCUT2D eigenvalue weighted by atomic mass is 19.1. The third-order valence-electron chi connectivity index (χ3n) is 3.39. The van der Waals surface area contributed by atoms with Crippen molar-refractivity contribution in [2.45, 2.75) is 6.61 Å². The van der Waals surface area contributed by atoms with Crippen LogP contribution in [0.25, 0.3) is 17.5 Å². The predicted octanol–water partition coefficient (Wildman–Crippen LogP) is 3.64. The van der Waals surface area contributed by atoms with Crippen molar-refractivity contribution in [2.24, 2.45) is 0 Å². The Balaban J connectivity index is 1.58. The third kappa shape index (κ3) is 4.54. The lowest BCUT2D eigenvalue weighted by Crippen LogP contribution is -2.01. The Bertz CT molecular complexity index is 937. The Hall–Kier alpha value is -3.48. The average Bonchev–Trinajstić information content (AvgIpc) is 3.14. The van der Waals surface area contributed by atoms with E-state index in [4.69, 9.17) is 14.0 Å². The highest BCUT2D eigenvalue weighted by molar-refractivity contribution is 5.86. The first kappa shape index (κ1) is 17.3. The first-order chi connectivity index (χ1) is 12.6. The summed E-state index contributed by atoms with van der Waals surface area (Å²) in [6.07, 6.45) is 2.66. The van der Waals surface area contributed by atoms with Crippen molar-refractivity contribution in [3.8, 4) is 17.1 Å². The van der Waals surface area contributed by atoms with Gasteiger partial charge < -0.3 is 14.0 Å². The molecule has 0 unspecified atom stereocenters. The standard InChI is InChI=1S/C19H15FN2O4/c1-24-16-7-3-5-14(11-16)19-21-17(26-22-19)12-25-18(23)9-8-13-4-2-6-15(20)10-13/h2-11H,12H2,1H3/b9-8+. The van der Waals surface area contributed by atoms with E-state index in [9.17, 15) is 9.18 Å². The first-order valence-electron chi connectivity index (χ1n) is 7.71. The number of carbonyl (C=O) groups is 1. The van der Waals surface area contributed by atoms with Crippen LogP contribution in [0, 0.1) is 5.82 Å². The summed E-state index contributed by atoms with van der Waals surface area (Å²) in [5.41, 5.74) is 1.27. The predicted molar refractivity (Wildman–Crippen MR) is 91.5 cm³/mol. The molecule has 0 amide bonds. The summed E-state index contributed by atoms with van der Waals surface area (Å²) >= 11 is 0. The number of aromatic nitrogens is 2. The van der Waals surface area contributed by atoms with Gasteiger partial charge in [0.1, 0.15) is 11.6 Å². The van der Waals surface area contributed by atoms with Gasteiger partial charge in [-0.05, 0) is 35.9 Å². The van der Waals surface area contributed by atoms with E-state index >= 15 is 0 Å². The molecule has 0 bridgehead atoms. The summed E-state index contributed by atoms with van der Waals surface area (Å²) in [4.78, 5) is 15.9. The van der Waals surface area contributed by atoms with E-state index in [1.165, 1.54) is 24.3 Å². The summed E-state index contributed by atoms with van der Waals surface area (Å²) in [5, 5.41) is 3.85. The number of nitrogens with zero attached hydrogens (tertiary/aromatic N) is 2. The Morgan fingerprint density at radius 1 is 1.23 bits per heavy atom. The fourth-order valence-corrected chi connectivity index (χ4v) is 2.15. The summed E-state index contributed by atoms with van der Waals surface area (Å²) < 4.78 is 28.3. The van der Waals surface area contributed by atoms with Gasteiger partial charge in [-0.25, -0.2) is 9.18 Å². The second-order valence-corrected chi connectivity index (χ2v) is 5.24. The minimum atomic E-state index is -0.601. The lowest BCUT2D eigenvalue weighted by molar-refractivity contribution is -0.139. The van der Waals surface area contributed by atoms with Crippen molar-refractivity contribution in [1.82, 2.24) is 10.1 Å². The fourth-order valence-electron chi connectivity index (χ4n) is 2.15. The van der Waals surface area contributed by atoms with Crippen LogP contribution >= 0.6 is 0 Å². The normalized spacial score (nSPS) is 10.8. The van der Waals surface area contributed by atoms with Crippen LogP contribution in [0.2, 0.25) is 0 Å². The van der Waals surface area contributed by atoms with E-state index in [0.29, 0.717) is 17.1 Å². The highest BCUT2D eigenvalue weighted by Gasteiger charge is 2.10. The zero-order chi connectivity index (χ0) is 18.4. The van der Waals surface area contributed by atoms with E-state index < -0.39 is 5.97 Å². The smallest absolute Gasteiger partial charge is 0.331 e. The Morgan fingerprint density at radius 2 is 2.08 bits per heavy atom. The number of hydrogen-bond donors (Lipinski definition) is 0. The van der Waals surface area contributed by atoms with Gasteiger partial charge in [0.2, 0.25) is 5.82 Å². The van der Waals surface area contributed by atoms with Crippen molar-refractivity contribution < 1.29 is 23.2 Å². The number of carbonyl (C=O) groups excluding carboxylic acids is 1. The number of rotatable bonds is 6. The SMILES string of the molecule is COc1cccc(-c2noc(COC(=O)/C=C/c3cccc(F)c3)n2)c1. The molecule has 26 heavy (non-hydrogen) atoms.